The highest BCUT2D eigenvalue weighted by atomic mass is 32.2. The van der Waals surface area contributed by atoms with Gasteiger partial charge in [-0.25, -0.2) is 4.39 Å². The van der Waals surface area contributed by atoms with Gasteiger partial charge >= 0.3 is 0 Å². The molecule has 0 heterocycles. The average Bonchev–Trinajstić information content (AvgIpc) is 2.70. The quantitative estimate of drug-likeness (QED) is 0.529. The first-order chi connectivity index (χ1) is 13.9. The van der Waals surface area contributed by atoms with E-state index in [0.29, 0.717) is 11.3 Å². The Morgan fingerprint density at radius 1 is 0.897 bits per heavy atom. The van der Waals surface area contributed by atoms with Crippen LogP contribution in [0, 0.1) is 12.7 Å². The summed E-state index contributed by atoms with van der Waals surface area (Å²) in [6.07, 6.45) is 0. The molecule has 0 radical (unpaired) electrons. The Morgan fingerprint density at radius 3 is 2.24 bits per heavy atom. The van der Waals surface area contributed by atoms with Crippen molar-refractivity contribution in [2.24, 2.45) is 0 Å². The number of aryl methyl sites for hydroxylation is 1. The van der Waals surface area contributed by atoms with Gasteiger partial charge in [-0.3, -0.25) is 9.59 Å². The topological polar surface area (TPSA) is 58.2 Å². The molecule has 4 nitrogen and oxygen atoms in total. The van der Waals surface area contributed by atoms with E-state index in [-0.39, 0.29) is 22.9 Å². The van der Waals surface area contributed by atoms with Gasteiger partial charge in [0.05, 0.1) is 5.25 Å². The number of anilines is 2. The molecule has 0 aliphatic carbocycles. The van der Waals surface area contributed by atoms with E-state index in [0.717, 1.165) is 16.1 Å². The van der Waals surface area contributed by atoms with Crippen LogP contribution in [0.25, 0.3) is 0 Å². The van der Waals surface area contributed by atoms with Crippen molar-refractivity contribution >= 4 is 35.0 Å². The maximum absolute atomic E-state index is 13.0. The van der Waals surface area contributed by atoms with Gasteiger partial charge in [0.25, 0.3) is 5.91 Å². The lowest BCUT2D eigenvalue weighted by Crippen LogP contribution is -2.22. The molecule has 0 saturated heterocycles. The van der Waals surface area contributed by atoms with E-state index in [9.17, 15) is 14.0 Å². The van der Waals surface area contributed by atoms with Crippen LogP contribution in [-0.4, -0.2) is 17.1 Å². The number of hydrogen-bond acceptors (Lipinski definition) is 3. The minimum Gasteiger partial charge on any atom is -0.325 e. The van der Waals surface area contributed by atoms with Gasteiger partial charge in [-0.2, -0.15) is 0 Å². The summed E-state index contributed by atoms with van der Waals surface area (Å²) in [6, 6.07) is 20.3. The Bertz CT molecular complexity index is 1000. The smallest absolute Gasteiger partial charge is 0.255 e. The molecule has 3 rings (SSSR count). The predicted molar refractivity (Wildman–Crippen MR) is 116 cm³/mol. The monoisotopic (exact) mass is 408 g/mol. The highest BCUT2D eigenvalue weighted by molar-refractivity contribution is 8.00. The van der Waals surface area contributed by atoms with E-state index in [4.69, 9.17) is 0 Å². The van der Waals surface area contributed by atoms with Crippen molar-refractivity contribution in [2.45, 2.75) is 24.0 Å². The summed E-state index contributed by atoms with van der Waals surface area (Å²) in [5.41, 5.74) is 2.87. The number of hydrogen-bond donors (Lipinski definition) is 2. The lowest BCUT2D eigenvalue weighted by atomic mass is 10.2. The molecule has 29 heavy (non-hydrogen) atoms. The van der Waals surface area contributed by atoms with Crippen molar-refractivity contribution in [3.05, 3.63) is 89.7 Å². The minimum absolute atomic E-state index is 0.0747. The first-order valence-corrected chi connectivity index (χ1v) is 10.00. The second-order valence-corrected chi connectivity index (χ2v) is 8.02. The molecular weight excluding hydrogens is 387 g/mol. The van der Waals surface area contributed by atoms with Crippen LogP contribution in [-0.2, 0) is 4.79 Å². The van der Waals surface area contributed by atoms with E-state index in [1.54, 1.807) is 12.1 Å². The molecule has 148 valence electrons. The molecule has 0 aliphatic rings. The molecule has 2 amide bonds. The molecule has 3 aromatic rings. The van der Waals surface area contributed by atoms with Crippen LogP contribution in [0.15, 0.2) is 77.7 Å². The number of carbonyl (C=O) groups is 2. The number of halogens is 1. The zero-order valence-corrected chi connectivity index (χ0v) is 16.9. The maximum atomic E-state index is 13.0. The van der Waals surface area contributed by atoms with Crippen LogP contribution in [0.3, 0.4) is 0 Å². The number of carbonyl (C=O) groups excluding carboxylic acids is 2. The van der Waals surface area contributed by atoms with E-state index in [1.165, 1.54) is 36.0 Å². The van der Waals surface area contributed by atoms with E-state index in [1.807, 2.05) is 50.2 Å². The lowest BCUT2D eigenvalue weighted by Gasteiger charge is -2.13. The van der Waals surface area contributed by atoms with Crippen molar-refractivity contribution in [3.63, 3.8) is 0 Å². The van der Waals surface area contributed by atoms with Crippen LogP contribution < -0.4 is 10.6 Å². The Kier molecular flexibility index (Phi) is 6.67. The molecule has 6 heteroatoms. The highest BCUT2D eigenvalue weighted by Crippen LogP contribution is 2.26. The summed E-state index contributed by atoms with van der Waals surface area (Å²) in [4.78, 5) is 25.5. The number of benzene rings is 3. The number of thioether (sulfide) groups is 1. The molecule has 0 bridgehead atoms. The SMILES string of the molecule is Cc1cccc(NC(=O)C(C)Sc2ccc(NC(=O)c3ccc(F)cc3)cc2)c1. The fourth-order valence-corrected chi connectivity index (χ4v) is 3.51. The Morgan fingerprint density at radius 2 is 1.59 bits per heavy atom. The van der Waals surface area contributed by atoms with Crippen LogP contribution in [0.1, 0.15) is 22.8 Å². The van der Waals surface area contributed by atoms with Crippen LogP contribution in [0.5, 0.6) is 0 Å². The largest absolute Gasteiger partial charge is 0.325 e. The fourth-order valence-electron chi connectivity index (χ4n) is 2.65. The lowest BCUT2D eigenvalue weighted by molar-refractivity contribution is -0.115. The molecule has 0 aliphatic heterocycles. The zero-order chi connectivity index (χ0) is 20.8. The van der Waals surface area contributed by atoms with Crippen molar-refractivity contribution in [3.8, 4) is 0 Å². The molecule has 2 N–H and O–H groups in total. The minimum atomic E-state index is -0.386. The van der Waals surface area contributed by atoms with Crippen LogP contribution >= 0.6 is 11.8 Å². The first-order valence-electron chi connectivity index (χ1n) is 9.12. The zero-order valence-electron chi connectivity index (χ0n) is 16.1. The third-order valence-electron chi connectivity index (χ3n) is 4.19. The van der Waals surface area contributed by atoms with Crippen molar-refractivity contribution in [1.29, 1.82) is 0 Å². The van der Waals surface area contributed by atoms with E-state index >= 15 is 0 Å². The molecule has 0 saturated carbocycles. The molecule has 1 unspecified atom stereocenters. The number of nitrogens with one attached hydrogen (secondary N) is 2. The maximum Gasteiger partial charge on any atom is 0.255 e. The van der Waals surface area contributed by atoms with Gasteiger partial charge in [0.15, 0.2) is 0 Å². The molecule has 3 aromatic carbocycles. The Labute approximate surface area is 173 Å². The molecule has 1 atom stereocenters. The van der Waals surface area contributed by atoms with Crippen LogP contribution in [0.4, 0.5) is 15.8 Å². The van der Waals surface area contributed by atoms with Gasteiger partial charge in [-0.1, -0.05) is 12.1 Å². The molecule has 0 aromatic heterocycles. The highest BCUT2D eigenvalue weighted by Gasteiger charge is 2.15. The van der Waals surface area contributed by atoms with E-state index < -0.39 is 0 Å². The summed E-state index contributed by atoms with van der Waals surface area (Å²) >= 11 is 1.43. The van der Waals surface area contributed by atoms with Gasteiger partial charge in [-0.05, 0) is 80.1 Å². The van der Waals surface area contributed by atoms with E-state index in [2.05, 4.69) is 10.6 Å². The van der Waals surface area contributed by atoms with Gasteiger partial charge in [-0.15, -0.1) is 11.8 Å². The first kappa shape index (κ1) is 20.6. The Balaban J connectivity index is 1.56. The Hall–Kier alpha value is -3.12. The number of amides is 2. The summed E-state index contributed by atoms with van der Waals surface area (Å²) in [6.45, 7) is 3.82. The molecular formula is C23H21FN2O2S. The normalized spacial score (nSPS) is 11.6. The van der Waals surface area contributed by atoms with Crippen molar-refractivity contribution in [2.75, 3.05) is 10.6 Å². The second-order valence-electron chi connectivity index (χ2n) is 6.60. The summed E-state index contributed by atoms with van der Waals surface area (Å²) in [5, 5.41) is 5.41. The second kappa shape index (κ2) is 9.39. The number of rotatable bonds is 6. The molecule has 0 fully saturated rings. The third-order valence-corrected chi connectivity index (χ3v) is 5.30. The summed E-state index contributed by atoms with van der Waals surface area (Å²) < 4.78 is 13.0. The van der Waals surface area contributed by atoms with Gasteiger partial charge < -0.3 is 10.6 Å². The van der Waals surface area contributed by atoms with Crippen molar-refractivity contribution in [1.82, 2.24) is 0 Å². The molecule has 0 spiro atoms. The van der Waals surface area contributed by atoms with Gasteiger partial charge in [0.1, 0.15) is 5.82 Å². The van der Waals surface area contributed by atoms with Crippen LogP contribution in [0.2, 0.25) is 0 Å². The average molecular weight is 408 g/mol. The summed E-state index contributed by atoms with van der Waals surface area (Å²) in [7, 11) is 0. The standard InChI is InChI=1S/C23H21FN2O2S/c1-15-4-3-5-20(14-15)26-22(27)16(2)29-21-12-10-19(11-13-21)25-23(28)17-6-8-18(24)9-7-17/h3-14,16H,1-2H3,(H,25,28)(H,26,27). The summed E-state index contributed by atoms with van der Waals surface area (Å²) in [5.74, 6) is -0.769. The predicted octanol–water partition coefficient (Wildman–Crippen LogP) is 5.51. The third kappa shape index (κ3) is 5.93. The van der Waals surface area contributed by atoms with Gasteiger partial charge in [0, 0.05) is 21.8 Å². The van der Waals surface area contributed by atoms with Gasteiger partial charge in [0.2, 0.25) is 5.91 Å². The fraction of sp³-hybridized carbons (Fsp3) is 0.130. The van der Waals surface area contributed by atoms with Crippen molar-refractivity contribution < 1.29 is 14.0 Å².